The average Bonchev–Trinajstić information content (AvgIpc) is 2.77. The van der Waals surface area contributed by atoms with Crippen molar-refractivity contribution in [3.8, 4) is 0 Å². The molecule has 116 valence electrons. The van der Waals surface area contributed by atoms with Crippen molar-refractivity contribution in [2.75, 3.05) is 6.54 Å². The van der Waals surface area contributed by atoms with Crippen molar-refractivity contribution < 1.29 is 0 Å². The molecule has 0 saturated heterocycles. The van der Waals surface area contributed by atoms with E-state index in [9.17, 15) is 0 Å². The lowest BCUT2D eigenvalue weighted by molar-refractivity contribution is 0.309. The molecule has 0 bridgehead atoms. The van der Waals surface area contributed by atoms with Gasteiger partial charge in [0.15, 0.2) is 0 Å². The highest BCUT2D eigenvalue weighted by atomic mass is 35.5. The van der Waals surface area contributed by atoms with Crippen LogP contribution < -0.4 is 5.73 Å². The number of hydrogen-bond donors (Lipinski definition) is 1. The maximum absolute atomic E-state index is 6.37. The van der Waals surface area contributed by atoms with Crippen LogP contribution in [0.4, 0.5) is 0 Å². The molecule has 0 aliphatic carbocycles. The number of nitrogens with zero attached hydrogens (tertiary/aromatic N) is 2. The molecule has 0 atom stereocenters. The van der Waals surface area contributed by atoms with Crippen molar-refractivity contribution >= 4 is 22.6 Å². The number of imidazole rings is 1. The summed E-state index contributed by atoms with van der Waals surface area (Å²) in [5, 5.41) is 0.793. The molecule has 1 aromatic heterocycles. The normalized spacial score (nSPS) is 12.2. The van der Waals surface area contributed by atoms with E-state index in [2.05, 4.69) is 25.3 Å². The molecule has 2 N–H and O–H groups in total. The van der Waals surface area contributed by atoms with Crippen molar-refractivity contribution in [2.24, 2.45) is 11.1 Å². The van der Waals surface area contributed by atoms with Gasteiger partial charge in [0.1, 0.15) is 5.82 Å². The Labute approximate surface area is 132 Å². The summed E-state index contributed by atoms with van der Waals surface area (Å²) in [6.45, 7) is 8.45. The molecule has 21 heavy (non-hydrogen) atoms. The maximum Gasteiger partial charge on any atom is 0.109 e. The van der Waals surface area contributed by atoms with Crippen molar-refractivity contribution in [3.05, 3.63) is 29.0 Å². The van der Waals surface area contributed by atoms with Gasteiger partial charge in [0.05, 0.1) is 16.1 Å². The molecule has 0 spiro atoms. The van der Waals surface area contributed by atoms with Gasteiger partial charge >= 0.3 is 0 Å². The zero-order chi connectivity index (χ0) is 15.5. The predicted octanol–water partition coefficient (Wildman–Crippen LogP) is 4.41. The molecule has 1 heterocycles. The number of aryl methyl sites for hydroxylation is 2. The molecule has 0 amide bonds. The highest BCUT2D eigenvalue weighted by molar-refractivity contribution is 6.35. The average molecular weight is 308 g/mol. The zero-order valence-electron chi connectivity index (χ0n) is 13.3. The Hall–Kier alpha value is -1.06. The van der Waals surface area contributed by atoms with Crippen LogP contribution in [-0.2, 0) is 13.0 Å². The van der Waals surface area contributed by atoms with E-state index in [4.69, 9.17) is 22.3 Å². The molecular formula is C17H26ClN3. The number of halogens is 1. The van der Waals surface area contributed by atoms with E-state index in [1.807, 2.05) is 18.2 Å². The second kappa shape index (κ2) is 6.80. The first kappa shape index (κ1) is 16.3. The third-order valence-corrected chi connectivity index (χ3v) is 4.40. The molecule has 4 heteroatoms. The van der Waals surface area contributed by atoms with E-state index in [0.717, 1.165) is 60.7 Å². The van der Waals surface area contributed by atoms with E-state index in [-0.39, 0.29) is 5.41 Å². The molecule has 2 aromatic rings. The molecule has 2 rings (SSSR count). The minimum atomic E-state index is 0.258. The van der Waals surface area contributed by atoms with Gasteiger partial charge in [-0.2, -0.15) is 0 Å². The number of benzene rings is 1. The van der Waals surface area contributed by atoms with Crippen LogP contribution in [0, 0.1) is 5.41 Å². The first-order valence-electron chi connectivity index (χ1n) is 7.82. The standard InChI is InChI=1S/C17H26ClN3/c1-4-12-21-15(8-9-17(2,3)10-11-19)20-14-7-5-6-13(18)16(14)21/h5-7H,4,8-12,19H2,1-3H3. The number of hydrogen-bond acceptors (Lipinski definition) is 2. The monoisotopic (exact) mass is 307 g/mol. The second-order valence-electron chi connectivity index (χ2n) is 6.49. The molecule has 0 aliphatic rings. The Morgan fingerprint density at radius 1 is 1.29 bits per heavy atom. The number of nitrogens with two attached hydrogens (primary N) is 1. The SMILES string of the molecule is CCCn1c(CCC(C)(C)CCN)nc2cccc(Cl)c21. The van der Waals surface area contributed by atoms with E-state index in [0.29, 0.717) is 0 Å². The predicted molar refractivity (Wildman–Crippen MR) is 90.8 cm³/mol. The van der Waals surface area contributed by atoms with Crippen molar-refractivity contribution in [3.63, 3.8) is 0 Å². The summed E-state index contributed by atoms with van der Waals surface area (Å²) in [6, 6.07) is 5.96. The molecule has 0 aliphatic heterocycles. The molecule has 0 fully saturated rings. The van der Waals surface area contributed by atoms with Crippen LogP contribution in [0.2, 0.25) is 5.02 Å². The summed E-state index contributed by atoms with van der Waals surface area (Å²) < 4.78 is 2.29. The Morgan fingerprint density at radius 3 is 2.71 bits per heavy atom. The van der Waals surface area contributed by atoms with Gasteiger partial charge in [0.25, 0.3) is 0 Å². The summed E-state index contributed by atoms with van der Waals surface area (Å²) in [5.74, 6) is 1.14. The van der Waals surface area contributed by atoms with Crippen LogP contribution in [0.25, 0.3) is 11.0 Å². The van der Waals surface area contributed by atoms with Crippen LogP contribution in [0.15, 0.2) is 18.2 Å². The smallest absolute Gasteiger partial charge is 0.109 e. The summed E-state index contributed by atoms with van der Waals surface area (Å²) >= 11 is 6.37. The molecular weight excluding hydrogens is 282 g/mol. The third kappa shape index (κ3) is 3.78. The number of fused-ring (bicyclic) bond motifs is 1. The molecule has 0 saturated carbocycles. The summed E-state index contributed by atoms with van der Waals surface area (Å²) in [6.07, 6.45) is 4.19. The Morgan fingerprint density at radius 2 is 2.05 bits per heavy atom. The highest BCUT2D eigenvalue weighted by Crippen LogP contribution is 2.29. The first-order chi connectivity index (χ1) is 9.98. The van der Waals surface area contributed by atoms with Gasteiger partial charge in [0, 0.05) is 13.0 Å². The van der Waals surface area contributed by atoms with Crippen LogP contribution in [-0.4, -0.2) is 16.1 Å². The highest BCUT2D eigenvalue weighted by Gasteiger charge is 2.19. The van der Waals surface area contributed by atoms with Crippen LogP contribution in [0.5, 0.6) is 0 Å². The van der Waals surface area contributed by atoms with Gasteiger partial charge in [-0.15, -0.1) is 0 Å². The van der Waals surface area contributed by atoms with E-state index in [1.54, 1.807) is 0 Å². The Balaban J connectivity index is 2.31. The molecule has 1 aromatic carbocycles. The minimum Gasteiger partial charge on any atom is -0.330 e. The van der Waals surface area contributed by atoms with E-state index >= 15 is 0 Å². The molecule has 0 unspecified atom stereocenters. The molecule has 3 nitrogen and oxygen atoms in total. The van der Waals surface area contributed by atoms with E-state index < -0.39 is 0 Å². The largest absolute Gasteiger partial charge is 0.330 e. The van der Waals surface area contributed by atoms with Crippen molar-refractivity contribution in [1.29, 1.82) is 0 Å². The van der Waals surface area contributed by atoms with Crippen LogP contribution >= 0.6 is 11.6 Å². The van der Waals surface area contributed by atoms with Crippen LogP contribution in [0.1, 0.15) is 45.9 Å². The second-order valence-corrected chi connectivity index (χ2v) is 6.90. The van der Waals surface area contributed by atoms with Gasteiger partial charge in [0.2, 0.25) is 0 Å². The van der Waals surface area contributed by atoms with Gasteiger partial charge < -0.3 is 10.3 Å². The topological polar surface area (TPSA) is 43.8 Å². The van der Waals surface area contributed by atoms with Gasteiger partial charge in [-0.25, -0.2) is 4.98 Å². The van der Waals surface area contributed by atoms with Gasteiger partial charge in [-0.1, -0.05) is 38.4 Å². The zero-order valence-corrected chi connectivity index (χ0v) is 14.1. The fourth-order valence-corrected chi connectivity index (χ4v) is 3.08. The lowest BCUT2D eigenvalue weighted by atomic mass is 9.84. The first-order valence-corrected chi connectivity index (χ1v) is 8.20. The molecule has 0 radical (unpaired) electrons. The van der Waals surface area contributed by atoms with Gasteiger partial charge in [-0.05, 0) is 43.4 Å². The number of rotatable bonds is 7. The fourth-order valence-electron chi connectivity index (χ4n) is 2.81. The summed E-state index contributed by atoms with van der Waals surface area (Å²) in [5.41, 5.74) is 8.04. The minimum absolute atomic E-state index is 0.258. The quantitative estimate of drug-likeness (QED) is 0.823. The van der Waals surface area contributed by atoms with Crippen molar-refractivity contribution in [2.45, 2.75) is 53.0 Å². The lowest BCUT2D eigenvalue weighted by Gasteiger charge is -2.23. The lowest BCUT2D eigenvalue weighted by Crippen LogP contribution is -2.18. The Bertz CT molecular complexity index is 601. The summed E-state index contributed by atoms with van der Waals surface area (Å²) in [4.78, 5) is 4.80. The fraction of sp³-hybridized carbons (Fsp3) is 0.588. The maximum atomic E-state index is 6.37. The number of para-hydroxylation sites is 1. The van der Waals surface area contributed by atoms with Crippen molar-refractivity contribution in [1.82, 2.24) is 9.55 Å². The summed E-state index contributed by atoms with van der Waals surface area (Å²) in [7, 11) is 0. The van der Waals surface area contributed by atoms with E-state index in [1.165, 1.54) is 0 Å². The Kier molecular flexibility index (Phi) is 5.28. The van der Waals surface area contributed by atoms with Gasteiger partial charge in [-0.3, -0.25) is 0 Å². The number of aromatic nitrogens is 2. The third-order valence-electron chi connectivity index (χ3n) is 4.09. The van der Waals surface area contributed by atoms with Crippen LogP contribution in [0.3, 0.4) is 0 Å².